The predicted molar refractivity (Wildman–Crippen MR) is 60.3 cm³/mol. The third-order valence-electron chi connectivity index (χ3n) is 1.64. The van der Waals surface area contributed by atoms with Gasteiger partial charge in [-0.2, -0.15) is 0 Å². The minimum atomic E-state index is 0.483. The van der Waals surface area contributed by atoms with Gasteiger partial charge in [0.15, 0.2) is 6.29 Å². The molecule has 0 atom stereocenters. The molecule has 0 N–H and O–H groups in total. The van der Waals surface area contributed by atoms with Crippen LogP contribution in [0.25, 0.3) is 0 Å². The summed E-state index contributed by atoms with van der Waals surface area (Å²) in [5.74, 6) is 0.627. The summed E-state index contributed by atoms with van der Waals surface area (Å²) in [4.78, 5) is 10.6. The molecule has 0 saturated carbocycles. The molecule has 1 aromatic rings. The Labute approximate surface area is 91.7 Å². The number of ether oxygens (including phenoxy) is 1. The van der Waals surface area contributed by atoms with E-state index in [0.717, 1.165) is 11.6 Å². The monoisotopic (exact) mass is 254 g/mol. The summed E-state index contributed by atoms with van der Waals surface area (Å²) >= 11 is 3.27. The van der Waals surface area contributed by atoms with Gasteiger partial charge in [-0.1, -0.05) is 40.2 Å². The molecular weight excluding hydrogens is 244 g/mol. The van der Waals surface area contributed by atoms with E-state index in [1.54, 1.807) is 12.1 Å². The van der Waals surface area contributed by atoms with Gasteiger partial charge >= 0.3 is 0 Å². The molecule has 1 rings (SSSR count). The summed E-state index contributed by atoms with van der Waals surface area (Å²) in [5, 5.41) is 0.811. The summed E-state index contributed by atoms with van der Waals surface area (Å²) in [6.07, 6.45) is 4.64. The Kier molecular flexibility index (Phi) is 5.00. The first-order valence-electron chi connectivity index (χ1n) is 4.26. The number of allylic oxidation sites excluding steroid dienone is 1. The second-order valence-electron chi connectivity index (χ2n) is 2.59. The molecule has 0 aliphatic heterocycles. The first kappa shape index (κ1) is 11.0. The molecule has 0 fully saturated rings. The lowest BCUT2D eigenvalue weighted by molar-refractivity contribution is 0.112. The lowest BCUT2D eigenvalue weighted by atomic mass is 10.2. The van der Waals surface area contributed by atoms with Crippen molar-refractivity contribution >= 4 is 22.2 Å². The molecule has 0 spiro atoms. The van der Waals surface area contributed by atoms with Crippen molar-refractivity contribution in [1.82, 2.24) is 0 Å². The maximum absolute atomic E-state index is 10.6. The Morgan fingerprint density at radius 3 is 2.79 bits per heavy atom. The zero-order valence-corrected chi connectivity index (χ0v) is 9.24. The van der Waals surface area contributed by atoms with Gasteiger partial charge in [0.2, 0.25) is 0 Å². The average molecular weight is 255 g/mol. The number of aldehydes is 1. The molecule has 0 heterocycles. The number of hydrogen-bond donors (Lipinski definition) is 0. The smallest absolute Gasteiger partial charge is 0.153 e. The van der Waals surface area contributed by atoms with Gasteiger partial charge in [0.1, 0.15) is 12.4 Å². The van der Waals surface area contributed by atoms with Gasteiger partial charge in [-0.15, -0.1) is 0 Å². The normalized spacial score (nSPS) is 10.4. The fraction of sp³-hybridized carbons (Fsp3) is 0.182. The van der Waals surface area contributed by atoms with Crippen molar-refractivity contribution < 1.29 is 9.53 Å². The van der Waals surface area contributed by atoms with E-state index in [-0.39, 0.29) is 0 Å². The largest absolute Gasteiger partial charge is 0.489 e. The number of para-hydroxylation sites is 1. The number of benzene rings is 1. The van der Waals surface area contributed by atoms with E-state index in [1.807, 2.05) is 24.3 Å². The van der Waals surface area contributed by atoms with E-state index < -0.39 is 0 Å². The van der Waals surface area contributed by atoms with E-state index >= 15 is 0 Å². The zero-order chi connectivity index (χ0) is 10.2. The Morgan fingerprint density at radius 1 is 1.29 bits per heavy atom. The van der Waals surface area contributed by atoms with Crippen LogP contribution in [-0.4, -0.2) is 18.2 Å². The summed E-state index contributed by atoms with van der Waals surface area (Å²) < 4.78 is 5.39. The van der Waals surface area contributed by atoms with Gasteiger partial charge in [0.25, 0.3) is 0 Å². The molecule has 3 heteroatoms. The van der Waals surface area contributed by atoms with E-state index in [0.29, 0.717) is 17.9 Å². The maximum Gasteiger partial charge on any atom is 0.153 e. The molecule has 2 nitrogen and oxygen atoms in total. The minimum Gasteiger partial charge on any atom is -0.489 e. The average Bonchev–Trinajstić information content (AvgIpc) is 2.25. The molecular formula is C11H11BrO2. The van der Waals surface area contributed by atoms with Gasteiger partial charge in [-0.05, 0) is 12.1 Å². The highest BCUT2D eigenvalue weighted by Crippen LogP contribution is 2.15. The number of carbonyl (C=O) groups is 1. The van der Waals surface area contributed by atoms with Crippen LogP contribution in [0.5, 0.6) is 5.75 Å². The summed E-state index contributed by atoms with van der Waals surface area (Å²) in [6, 6.07) is 7.17. The fourth-order valence-electron chi connectivity index (χ4n) is 0.978. The van der Waals surface area contributed by atoms with Crippen molar-refractivity contribution in [3.63, 3.8) is 0 Å². The zero-order valence-electron chi connectivity index (χ0n) is 7.65. The van der Waals surface area contributed by atoms with Crippen molar-refractivity contribution in [3.8, 4) is 5.75 Å². The van der Waals surface area contributed by atoms with E-state index in [2.05, 4.69) is 15.9 Å². The van der Waals surface area contributed by atoms with Crippen molar-refractivity contribution in [2.45, 2.75) is 0 Å². The van der Waals surface area contributed by atoms with Crippen LogP contribution in [0.1, 0.15) is 10.4 Å². The van der Waals surface area contributed by atoms with Crippen molar-refractivity contribution in [1.29, 1.82) is 0 Å². The Morgan fingerprint density at radius 2 is 2.07 bits per heavy atom. The molecule has 1 aromatic carbocycles. The number of halogens is 1. The maximum atomic E-state index is 10.6. The van der Waals surface area contributed by atoms with Gasteiger partial charge in [-0.3, -0.25) is 4.79 Å². The number of rotatable bonds is 5. The lowest BCUT2D eigenvalue weighted by Gasteiger charge is -2.04. The van der Waals surface area contributed by atoms with Gasteiger partial charge in [-0.25, -0.2) is 0 Å². The van der Waals surface area contributed by atoms with Crippen LogP contribution < -0.4 is 4.74 Å². The van der Waals surface area contributed by atoms with Crippen LogP contribution in [0.3, 0.4) is 0 Å². The van der Waals surface area contributed by atoms with Crippen LogP contribution in [0.15, 0.2) is 36.4 Å². The van der Waals surface area contributed by atoms with E-state index in [4.69, 9.17) is 4.74 Å². The highest BCUT2D eigenvalue weighted by atomic mass is 79.9. The molecule has 0 radical (unpaired) electrons. The molecule has 14 heavy (non-hydrogen) atoms. The second kappa shape index (κ2) is 6.38. The number of hydrogen-bond acceptors (Lipinski definition) is 2. The van der Waals surface area contributed by atoms with Crippen molar-refractivity contribution in [3.05, 3.63) is 42.0 Å². The molecule has 0 aliphatic rings. The number of carbonyl (C=O) groups excluding carboxylic acids is 1. The third-order valence-corrected chi connectivity index (χ3v) is 2.01. The molecule has 0 saturated heterocycles. The number of alkyl halides is 1. The second-order valence-corrected chi connectivity index (χ2v) is 3.24. The molecule has 0 unspecified atom stereocenters. The molecule has 0 aliphatic carbocycles. The minimum absolute atomic E-state index is 0.483. The first-order chi connectivity index (χ1) is 6.88. The van der Waals surface area contributed by atoms with Gasteiger partial charge in [0.05, 0.1) is 5.56 Å². The summed E-state index contributed by atoms with van der Waals surface area (Å²) in [7, 11) is 0. The van der Waals surface area contributed by atoms with E-state index in [9.17, 15) is 4.79 Å². The highest BCUT2D eigenvalue weighted by molar-refractivity contribution is 9.09. The molecule has 0 aromatic heterocycles. The predicted octanol–water partition coefficient (Wildman–Crippen LogP) is 2.83. The standard InChI is InChI=1S/C11H11BrO2/c12-7-3-4-8-14-11-6-2-1-5-10(11)9-13/h1-6,9H,7-8H2. The third kappa shape index (κ3) is 3.34. The van der Waals surface area contributed by atoms with Gasteiger partial charge < -0.3 is 4.74 Å². The highest BCUT2D eigenvalue weighted by Gasteiger charge is 1.98. The molecule has 74 valence electrons. The van der Waals surface area contributed by atoms with Crippen LogP contribution in [0.2, 0.25) is 0 Å². The fourth-order valence-corrected chi connectivity index (χ4v) is 1.24. The Hall–Kier alpha value is -1.09. The summed E-state index contributed by atoms with van der Waals surface area (Å²) in [5.41, 5.74) is 0.583. The van der Waals surface area contributed by atoms with Crippen LogP contribution in [-0.2, 0) is 0 Å². The van der Waals surface area contributed by atoms with Crippen molar-refractivity contribution in [2.24, 2.45) is 0 Å². The quantitative estimate of drug-likeness (QED) is 0.459. The Bertz CT molecular complexity index is 321. The van der Waals surface area contributed by atoms with Gasteiger partial charge in [0, 0.05) is 5.33 Å². The Balaban J connectivity index is 2.57. The van der Waals surface area contributed by atoms with E-state index in [1.165, 1.54) is 0 Å². The first-order valence-corrected chi connectivity index (χ1v) is 5.38. The summed E-state index contributed by atoms with van der Waals surface area (Å²) in [6.45, 7) is 0.483. The van der Waals surface area contributed by atoms with Crippen LogP contribution >= 0.6 is 15.9 Å². The van der Waals surface area contributed by atoms with Crippen LogP contribution in [0, 0.1) is 0 Å². The topological polar surface area (TPSA) is 26.3 Å². The lowest BCUT2D eigenvalue weighted by Crippen LogP contribution is -1.96. The molecule has 0 bridgehead atoms. The SMILES string of the molecule is O=Cc1ccccc1OCC=CCBr. The van der Waals surface area contributed by atoms with Crippen LogP contribution in [0.4, 0.5) is 0 Å². The van der Waals surface area contributed by atoms with Crippen molar-refractivity contribution in [2.75, 3.05) is 11.9 Å². The molecule has 0 amide bonds.